The molecule has 2 aromatic carbocycles. The maximum Gasteiger partial charge on any atom is 0.261 e. The minimum atomic E-state index is -3.67. The number of hydrogen-bond donors (Lipinski definition) is 2. The number of piperidine rings is 1. The van der Waals surface area contributed by atoms with Crippen LogP contribution in [0.25, 0.3) is 0 Å². The zero-order valence-corrected chi connectivity index (χ0v) is 19.5. The Morgan fingerprint density at radius 2 is 1.91 bits per heavy atom. The number of aromatic nitrogens is 1. The fourth-order valence-corrected chi connectivity index (χ4v) is 5.55. The van der Waals surface area contributed by atoms with Crippen LogP contribution in [0.15, 0.2) is 64.9 Å². The number of sulfonamides is 1. The zero-order chi connectivity index (χ0) is 22.6. The van der Waals surface area contributed by atoms with Crippen molar-refractivity contribution in [1.82, 2.24) is 9.88 Å². The van der Waals surface area contributed by atoms with Crippen molar-refractivity contribution >= 4 is 38.1 Å². The fourth-order valence-electron chi connectivity index (χ4n) is 3.77. The molecule has 1 amide bonds. The number of nitrogens with one attached hydrogen (secondary N) is 2. The van der Waals surface area contributed by atoms with Gasteiger partial charge in [-0.15, -0.1) is 11.3 Å². The van der Waals surface area contributed by atoms with Crippen LogP contribution in [0.4, 0.5) is 10.8 Å². The molecule has 1 aliphatic heterocycles. The monoisotopic (exact) mass is 470 g/mol. The van der Waals surface area contributed by atoms with E-state index in [0.29, 0.717) is 22.3 Å². The van der Waals surface area contributed by atoms with E-state index < -0.39 is 10.0 Å². The second kappa shape index (κ2) is 9.81. The van der Waals surface area contributed by atoms with Crippen LogP contribution < -0.4 is 10.0 Å². The zero-order valence-electron chi connectivity index (χ0n) is 17.8. The van der Waals surface area contributed by atoms with Crippen LogP contribution in [0.5, 0.6) is 0 Å². The number of hydrogen-bond acceptors (Lipinski definition) is 6. The first-order valence-corrected chi connectivity index (χ1v) is 12.9. The van der Waals surface area contributed by atoms with Crippen LogP contribution in [-0.4, -0.2) is 37.3 Å². The largest absolute Gasteiger partial charge is 0.298 e. The van der Waals surface area contributed by atoms with Crippen LogP contribution >= 0.6 is 11.3 Å². The highest BCUT2D eigenvalue weighted by Crippen LogP contribution is 2.22. The standard InChI is InChI=1S/C23H26N4O3S2/c1-17-6-5-13-27(14-17)15-20-16-31-23(24-20)25-22(28)18-9-11-19(12-10-18)26-32(29,30)21-7-3-2-4-8-21/h2-4,7-12,16-17,26H,5-6,13-15H2,1H3,(H,24,25,28). The minimum Gasteiger partial charge on any atom is -0.298 e. The van der Waals surface area contributed by atoms with Crippen LogP contribution in [0.3, 0.4) is 0 Å². The lowest BCUT2D eigenvalue weighted by Crippen LogP contribution is -2.33. The maximum absolute atomic E-state index is 12.6. The molecule has 0 spiro atoms. The van der Waals surface area contributed by atoms with E-state index in [9.17, 15) is 13.2 Å². The predicted molar refractivity (Wildman–Crippen MR) is 127 cm³/mol. The molecule has 1 aromatic heterocycles. The molecule has 3 aromatic rings. The molecule has 32 heavy (non-hydrogen) atoms. The summed E-state index contributed by atoms with van der Waals surface area (Å²) >= 11 is 1.41. The van der Waals surface area contributed by atoms with E-state index in [1.807, 2.05) is 5.38 Å². The van der Waals surface area contributed by atoms with E-state index >= 15 is 0 Å². The Morgan fingerprint density at radius 1 is 1.16 bits per heavy atom. The molecule has 7 nitrogen and oxygen atoms in total. The van der Waals surface area contributed by atoms with Crippen LogP contribution in [0.1, 0.15) is 35.8 Å². The van der Waals surface area contributed by atoms with Gasteiger partial charge in [0.25, 0.3) is 15.9 Å². The smallest absolute Gasteiger partial charge is 0.261 e. The molecule has 168 valence electrons. The highest BCUT2D eigenvalue weighted by atomic mass is 32.2. The second-order valence-corrected chi connectivity index (χ2v) is 10.6. The Kier molecular flexibility index (Phi) is 6.88. The topological polar surface area (TPSA) is 91.4 Å². The highest BCUT2D eigenvalue weighted by molar-refractivity contribution is 7.92. The number of anilines is 2. The average molecular weight is 471 g/mol. The molecule has 4 rings (SSSR count). The second-order valence-electron chi connectivity index (χ2n) is 8.08. The first kappa shape index (κ1) is 22.4. The Bertz CT molecular complexity index is 1160. The summed E-state index contributed by atoms with van der Waals surface area (Å²) in [7, 11) is -3.67. The van der Waals surface area contributed by atoms with Crippen molar-refractivity contribution in [1.29, 1.82) is 0 Å². The molecule has 0 radical (unpaired) electrons. The summed E-state index contributed by atoms with van der Waals surface area (Å²) < 4.78 is 27.4. The highest BCUT2D eigenvalue weighted by Gasteiger charge is 2.18. The summed E-state index contributed by atoms with van der Waals surface area (Å²) in [4.78, 5) is 19.7. The Balaban J connectivity index is 1.35. The third-order valence-electron chi connectivity index (χ3n) is 5.35. The molecule has 0 bridgehead atoms. The molecule has 2 heterocycles. The van der Waals surface area contributed by atoms with E-state index in [1.165, 1.54) is 36.3 Å². The summed E-state index contributed by atoms with van der Waals surface area (Å²) in [6.07, 6.45) is 2.49. The maximum atomic E-state index is 12.6. The molecule has 1 unspecified atom stereocenters. The molecule has 0 aliphatic carbocycles. The first-order valence-electron chi connectivity index (χ1n) is 10.5. The minimum absolute atomic E-state index is 0.181. The molecule has 1 saturated heterocycles. The predicted octanol–water partition coefficient (Wildman–Crippen LogP) is 4.43. The van der Waals surface area contributed by atoms with Gasteiger partial charge in [-0.3, -0.25) is 19.7 Å². The van der Waals surface area contributed by atoms with Gasteiger partial charge in [0.1, 0.15) is 0 Å². The Morgan fingerprint density at radius 3 is 2.62 bits per heavy atom. The molecule has 0 saturated carbocycles. The van der Waals surface area contributed by atoms with Gasteiger partial charge in [0.05, 0.1) is 10.6 Å². The molecular formula is C23H26N4O3S2. The fraction of sp³-hybridized carbons (Fsp3) is 0.304. The Labute approximate surface area is 192 Å². The third-order valence-corrected chi connectivity index (χ3v) is 7.56. The molecular weight excluding hydrogens is 444 g/mol. The number of carbonyl (C=O) groups excluding carboxylic acids is 1. The number of thiazole rings is 1. The molecule has 1 atom stereocenters. The van der Waals surface area contributed by atoms with E-state index in [2.05, 4.69) is 26.8 Å². The number of nitrogens with zero attached hydrogens (tertiary/aromatic N) is 2. The lowest BCUT2D eigenvalue weighted by Gasteiger charge is -2.30. The lowest BCUT2D eigenvalue weighted by atomic mass is 10.0. The van der Waals surface area contributed by atoms with Gasteiger partial charge in [-0.25, -0.2) is 13.4 Å². The Hall–Kier alpha value is -2.75. The summed E-state index contributed by atoms with van der Waals surface area (Å²) in [6, 6.07) is 14.4. The van der Waals surface area contributed by atoms with Crippen LogP contribution in [-0.2, 0) is 16.6 Å². The third kappa shape index (κ3) is 5.73. The summed E-state index contributed by atoms with van der Waals surface area (Å²) in [5.74, 6) is 0.427. The average Bonchev–Trinajstić information content (AvgIpc) is 3.21. The lowest BCUT2D eigenvalue weighted by molar-refractivity contribution is 0.102. The molecule has 1 fully saturated rings. The molecule has 2 N–H and O–H groups in total. The molecule has 1 aliphatic rings. The number of benzene rings is 2. The van der Waals surface area contributed by atoms with E-state index in [-0.39, 0.29) is 10.8 Å². The summed E-state index contributed by atoms with van der Waals surface area (Å²) in [5, 5.41) is 5.37. The SMILES string of the molecule is CC1CCCN(Cc2csc(NC(=O)c3ccc(NS(=O)(=O)c4ccccc4)cc3)n2)C1. The van der Waals surface area contributed by atoms with E-state index in [4.69, 9.17) is 0 Å². The van der Waals surface area contributed by atoms with Gasteiger partial charge < -0.3 is 0 Å². The molecule has 9 heteroatoms. The quantitative estimate of drug-likeness (QED) is 0.533. The van der Waals surface area contributed by atoms with E-state index in [1.54, 1.807) is 42.5 Å². The normalized spacial score (nSPS) is 17.1. The number of amides is 1. The van der Waals surface area contributed by atoms with Crippen molar-refractivity contribution in [3.8, 4) is 0 Å². The van der Waals surface area contributed by atoms with Gasteiger partial charge in [-0.1, -0.05) is 25.1 Å². The number of rotatable bonds is 7. The van der Waals surface area contributed by atoms with Crippen molar-refractivity contribution in [3.63, 3.8) is 0 Å². The van der Waals surface area contributed by atoms with E-state index in [0.717, 1.165) is 25.3 Å². The van der Waals surface area contributed by atoms with Gasteiger partial charge in [0.2, 0.25) is 0 Å². The van der Waals surface area contributed by atoms with Crippen molar-refractivity contribution in [2.24, 2.45) is 5.92 Å². The van der Waals surface area contributed by atoms with Gasteiger partial charge in [0.15, 0.2) is 5.13 Å². The van der Waals surface area contributed by atoms with Gasteiger partial charge in [-0.05, 0) is 61.7 Å². The van der Waals surface area contributed by atoms with Gasteiger partial charge in [0, 0.05) is 29.7 Å². The first-order chi connectivity index (χ1) is 15.4. The van der Waals surface area contributed by atoms with Crippen molar-refractivity contribution in [2.45, 2.75) is 31.2 Å². The summed E-state index contributed by atoms with van der Waals surface area (Å²) in [5.41, 5.74) is 1.78. The number of likely N-dealkylation sites (tertiary alicyclic amines) is 1. The van der Waals surface area contributed by atoms with Crippen molar-refractivity contribution < 1.29 is 13.2 Å². The van der Waals surface area contributed by atoms with Gasteiger partial charge >= 0.3 is 0 Å². The van der Waals surface area contributed by atoms with Crippen molar-refractivity contribution in [2.75, 3.05) is 23.1 Å². The van der Waals surface area contributed by atoms with Gasteiger partial charge in [-0.2, -0.15) is 0 Å². The summed E-state index contributed by atoms with van der Waals surface area (Å²) in [6.45, 7) is 5.24. The number of carbonyl (C=O) groups is 1. The van der Waals surface area contributed by atoms with Crippen LogP contribution in [0, 0.1) is 5.92 Å². The van der Waals surface area contributed by atoms with Crippen LogP contribution in [0.2, 0.25) is 0 Å². The van der Waals surface area contributed by atoms with Crippen molar-refractivity contribution in [3.05, 3.63) is 71.2 Å².